The Morgan fingerprint density at radius 1 is 1.50 bits per heavy atom. The van der Waals surface area contributed by atoms with Gasteiger partial charge in [0, 0.05) is 17.6 Å². The Balaban J connectivity index is 2.38. The number of urea groups is 1. The van der Waals surface area contributed by atoms with Gasteiger partial charge in [0.05, 0.1) is 13.0 Å². The molecule has 0 aliphatic carbocycles. The lowest BCUT2D eigenvalue weighted by Gasteiger charge is -2.20. The molecule has 0 saturated heterocycles. The van der Waals surface area contributed by atoms with Crippen LogP contribution in [0.4, 0.5) is 4.79 Å². The topological polar surface area (TPSA) is 91.3 Å². The average Bonchev–Trinajstić information content (AvgIpc) is 2.77. The first-order valence-corrected chi connectivity index (χ1v) is 6.51. The highest BCUT2D eigenvalue weighted by Gasteiger charge is 2.19. The molecule has 6 nitrogen and oxygen atoms in total. The number of carbonyl (C=O) groups excluding carboxylic acids is 1. The van der Waals surface area contributed by atoms with Crippen LogP contribution in [0.25, 0.3) is 0 Å². The van der Waals surface area contributed by atoms with Crippen molar-refractivity contribution in [1.29, 1.82) is 0 Å². The van der Waals surface area contributed by atoms with Crippen molar-refractivity contribution in [2.24, 2.45) is 5.92 Å². The molecule has 100 valence electrons. The van der Waals surface area contributed by atoms with Crippen LogP contribution < -0.4 is 10.6 Å². The first kappa shape index (κ1) is 14.4. The van der Waals surface area contributed by atoms with Crippen molar-refractivity contribution in [1.82, 2.24) is 15.6 Å². The first-order chi connectivity index (χ1) is 8.49. The van der Waals surface area contributed by atoms with Gasteiger partial charge in [-0.1, -0.05) is 13.8 Å². The normalized spacial score (nSPS) is 12.2. The number of aliphatic carboxylic acids is 1. The molecule has 7 heteroatoms. The number of thiazole rings is 1. The summed E-state index contributed by atoms with van der Waals surface area (Å²) in [6.45, 7) is 4.09. The lowest BCUT2D eigenvalue weighted by molar-refractivity contribution is -0.137. The van der Waals surface area contributed by atoms with Crippen LogP contribution in [-0.4, -0.2) is 28.1 Å². The molecule has 0 spiro atoms. The Bertz CT molecular complexity index is 392. The van der Waals surface area contributed by atoms with Gasteiger partial charge in [0.15, 0.2) is 0 Å². The summed E-state index contributed by atoms with van der Waals surface area (Å²) >= 11 is 1.45. The third-order valence-corrected chi connectivity index (χ3v) is 3.18. The van der Waals surface area contributed by atoms with Gasteiger partial charge in [-0.05, 0) is 5.92 Å². The molecule has 0 saturated carbocycles. The van der Waals surface area contributed by atoms with E-state index in [9.17, 15) is 9.59 Å². The number of carboxylic acid groups (broad SMARTS) is 1. The van der Waals surface area contributed by atoms with Crippen LogP contribution >= 0.6 is 11.3 Å². The van der Waals surface area contributed by atoms with Crippen molar-refractivity contribution in [2.75, 3.05) is 0 Å². The third-order valence-electron chi connectivity index (χ3n) is 2.40. The molecule has 1 unspecified atom stereocenters. The second-order valence-electron chi connectivity index (χ2n) is 4.20. The molecule has 0 bridgehead atoms. The summed E-state index contributed by atoms with van der Waals surface area (Å²) in [5.74, 6) is -0.861. The Kier molecular flexibility index (Phi) is 5.57. The molecule has 1 rings (SSSR count). The molecule has 1 atom stereocenters. The van der Waals surface area contributed by atoms with Crippen molar-refractivity contribution in [3.05, 3.63) is 16.6 Å². The van der Waals surface area contributed by atoms with E-state index in [2.05, 4.69) is 15.6 Å². The molecule has 2 amide bonds. The smallest absolute Gasteiger partial charge is 0.315 e. The number of amides is 2. The van der Waals surface area contributed by atoms with Gasteiger partial charge in [0.2, 0.25) is 0 Å². The van der Waals surface area contributed by atoms with Gasteiger partial charge in [-0.25, -0.2) is 9.78 Å². The molecule has 0 aliphatic rings. The summed E-state index contributed by atoms with van der Waals surface area (Å²) in [5, 5.41) is 16.7. The summed E-state index contributed by atoms with van der Waals surface area (Å²) in [6.07, 6.45) is 1.59. The second-order valence-corrected chi connectivity index (χ2v) is 5.18. The quantitative estimate of drug-likeness (QED) is 0.730. The summed E-state index contributed by atoms with van der Waals surface area (Å²) in [7, 11) is 0. The molecule has 3 N–H and O–H groups in total. The number of carboxylic acids is 1. The van der Waals surface area contributed by atoms with Crippen molar-refractivity contribution in [3.8, 4) is 0 Å². The second kappa shape index (κ2) is 6.95. The summed E-state index contributed by atoms with van der Waals surface area (Å²) < 4.78 is 0. The summed E-state index contributed by atoms with van der Waals surface area (Å²) in [6, 6.07) is -0.746. The van der Waals surface area contributed by atoms with E-state index in [0.717, 1.165) is 5.01 Å². The highest BCUT2D eigenvalue weighted by molar-refractivity contribution is 7.09. The highest BCUT2D eigenvalue weighted by Crippen LogP contribution is 2.06. The minimum Gasteiger partial charge on any atom is -0.481 e. The Labute approximate surface area is 109 Å². The highest BCUT2D eigenvalue weighted by atomic mass is 32.1. The van der Waals surface area contributed by atoms with E-state index >= 15 is 0 Å². The van der Waals surface area contributed by atoms with Gasteiger partial charge in [-0.3, -0.25) is 4.79 Å². The number of nitrogens with zero attached hydrogens (tertiary/aromatic N) is 1. The lowest BCUT2D eigenvalue weighted by atomic mass is 10.0. The van der Waals surface area contributed by atoms with Crippen LogP contribution in [0.2, 0.25) is 0 Å². The fraction of sp³-hybridized carbons (Fsp3) is 0.545. The van der Waals surface area contributed by atoms with Gasteiger partial charge in [-0.2, -0.15) is 0 Å². The van der Waals surface area contributed by atoms with Gasteiger partial charge in [0.25, 0.3) is 0 Å². The fourth-order valence-corrected chi connectivity index (χ4v) is 1.91. The van der Waals surface area contributed by atoms with Crippen molar-refractivity contribution >= 4 is 23.3 Å². The van der Waals surface area contributed by atoms with E-state index in [4.69, 9.17) is 5.11 Å². The van der Waals surface area contributed by atoms with Gasteiger partial charge in [-0.15, -0.1) is 11.3 Å². The monoisotopic (exact) mass is 271 g/mol. The van der Waals surface area contributed by atoms with E-state index in [1.807, 2.05) is 19.2 Å². The van der Waals surface area contributed by atoms with Gasteiger partial charge >= 0.3 is 12.0 Å². The van der Waals surface area contributed by atoms with E-state index in [-0.39, 0.29) is 24.4 Å². The van der Waals surface area contributed by atoms with Crippen molar-refractivity contribution in [2.45, 2.75) is 32.9 Å². The third kappa shape index (κ3) is 5.13. The zero-order chi connectivity index (χ0) is 13.5. The van der Waals surface area contributed by atoms with Crippen molar-refractivity contribution < 1.29 is 14.7 Å². The Hall–Kier alpha value is -1.63. The average molecular weight is 271 g/mol. The zero-order valence-electron chi connectivity index (χ0n) is 10.3. The zero-order valence-corrected chi connectivity index (χ0v) is 11.2. The number of hydrogen-bond donors (Lipinski definition) is 3. The predicted molar refractivity (Wildman–Crippen MR) is 68.4 cm³/mol. The standard InChI is InChI=1S/C11H17N3O3S/c1-7(2)8(5-10(15)16)14-11(17)13-6-9-12-3-4-18-9/h3-4,7-8H,5-6H2,1-2H3,(H,15,16)(H2,13,14,17). The molecule has 1 aromatic rings. The maximum absolute atomic E-state index is 11.6. The largest absolute Gasteiger partial charge is 0.481 e. The number of hydrogen-bond acceptors (Lipinski definition) is 4. The molecule has 1 heterocycles. The number of rotatable bonds is 6. The van der Waals surface area contributed by atoms with Gasteiger partial charge < -0.3 is 15.7 Å². The van der Waals surface area contributed by atoms with Crippen LogP contribution in [0.5, 0.6) is 0 Å². The SMILES string of the molecule is CC(C)C(CC(=O)O)NC(=O)NCc1nccs1. The molecule has 0 aliphatic heterocycles. The maximum atomic E-state index is 11.6. The van der Waals surface area contributed by atoms with E-state index in [1.54, 1.807) is 6.20 Å². The minimum atomic E-state index is -0.922. The van der Waals surface area contributed by atoms with Crippen LogP contribution in [-0.2, 0) is 11.3 Å². The molecular formula is C11H17N3O3S. The van der Waals surface area contributed by atoms with E-state index in [0.29, 0.717) is 6.54 Å². The molecule has 0 radical (unpaired) electrons. The predicted octanol–water partition coefficient (Wildman–Crippen LogP) is 1.44. The van der Waals surface area contributed by atoms with Crippen LogP contribution in [0.15, 0.2) is 11.6 Å². The number of carbonyl (C=O) groups is 2. The van der Waals surface area contributed by atoms with Crippen LogP contribution in [0.1, 0.15) is 25.3 Å². The van der Waals surface area contributed by atoms with Gasteiger partial charge in [0.1, 0.15) is 5.01 Å². The lowest BCUT2D eigenvalue weighted by Crippen LogP contribution is -2.45. The van der Waals surface area contributed by atoms with E-state index in [1.165, 1.54) is 11.3 Å². The number of aromatic nitrogens is 1. The molecular weight excluding hydrogens is 254 g/mol. The van der Waals surface area contributed by atoms with Crippen molar-refractivity contribution in [3.63, 3.8) is 0 Å². The summed E-state index contributed by atoms with van der Waals surface area (Å²) in [5.41, 5.74) is 0. The van der Waals surface area contributed by atoms with Crippen LogP contribution in [0, 0.1) is 5.92 Å². The Morgan fingerprint density at radius 3 is 2.72 bits per heavy atom. The molecule has 1 aromatic heterocycles. The van der Waals surface area contributed by atoms with E-state index < -0.39 is 5.97 Å². The maximum Gasteiger partial charge on any atom is 0.315 e. The fourth-order valence-electron chi connectivity index (χ4n) is 1.36. The Morgan fingerprint density at radius 2 is 2.22 bits per heavy atom. The first-order valence-electron chi connectivity index (χ1n) is 5.63. The molecule has 0 fully saturated rings. The molecule has 0 aromatic carbocycles. The molecule has 18 heavy (non-hydrogen) atoms. The van der Waals surface area contributed by atoms with Crippen LogP contribution in [0.3, 0.4) is 0 Å². The number of nitrogens with one attached hydrogen (secondary N) is 2. The summed E-state index contributed by atoms with van der Waals surface area (Å²) in [4.78, 5) is 26.3. The minimum absolute atomic E-state index is 0.0618.